The van der Waals surface area contributed by atoms with E-state index < -0.39 is 75.2 Å². The highest BCUT2D eigenvalue weighted by Gasteiger charge is 2.57. The van der Waals surface area contributed by atoms with E-state index in [9.17, 15) is 14.4 Å². The lowest BCUT2D eigenvalue weighted by Crippen LogP contribution is -2.67. The molecule has 0 aromatic heterocycles. The predicted molar refractivity (Wildman–Crippen MR) is 407 cm³/mol. The van der Waals surface area contributed by atoms with Gasteiger partial charge in [0.05, 0.1) is 46.2 Å². The highest BCUT2D eigenvalue weighted by Crippen LogP contribution is 2.54. The normalized spacial score (nSPS) is 17.4. The zero-order valence-corrected chi connectivity index (χ0v) is 62.3. The van der Waals surface area contributed by atoms with E-state index in [1.807, 2.05) is 212 Å². The van der Waals surface area contributed by atoms with Crippen LogP contribution in [0, 0.1) is 0 Å². The molecule has 104 heavy (non-hydrogen) atoms. The maximum atomic E-state index is 16.4. The molecule has 1 fully saturated rings. The Morgan fingerprint density at radius 2 is 0.625 bits per heavy atom. The summed E-state index contributed by atoms with van der Waals surface area (Å²) in [5.74, 6) is -0.949. The quantitative estimate of drug-likeness (QED) is 0.0164. The van der Waals surface area contributed by atoms with Crippen LogP contribution in [0.3, 0.4) is 0 Å². The van der Waals surface area contributed by atoms with E-state index in [1.54, 1.807) is 0 Å². The van der Waals surface area contributed by atoms with Crippen molar-refractivity contribution in [2.45, 2.75) is 250 Å². The third-order valence-electron chi connectivity index (χ3n) is 18.5. The second kappa shape index (κ2) is 50.2. The molecule has 0 radical (unpaired) electrons. The largest absolute Gasteiger partial charge is 0.475 e. The van der Waals surface area contributed by atoms with Gasteiger partial charge in [-0.2, -0.15) is 0 Å². The molecule has 1 N–H and O–H groups in total. The molecule has 0 bridgehead atoms. The van der Waals surface area contributed by atoms with Crippen molar-refractivity contribution in [2.24, 2.45) is 0 Å². The van der Waals surface area contributed by atoms with Gasteiger partial charge in [0.2, 0.25) is 0 Å². The lowest BCUT2D eigenvalue weighted by Gasteiger charge is -2.50. The van der Waals surface area contributed by atoms with Gasteiger partial charge in [0.1, 0.15) is 49.8 Å². The van der Waals surface area contributed by atoms with Gasteiger partial charge in [0, 0.05) is 19.4 Å². The number of unbranched alkanes of at least 4 members (excludes halogenated alkanes) is 20. The summed E-state index contributed by atoms with van der Waals surface area (Å²) in [5.41, 5.74) is 6.00. The summed E-state index contributed by atoms with van der Waals surface area (Å²) >= 11 is 0. The molecule has 1 saturated carbocycles. The lowest BCUT2D eigenvalue weighted by molar-refractivity contribution is -0.280. The first-order chi connectivity index (χ1) is 51.2. The molecule has 0 aliphatic heterocycles. The first-order valence-electron chi connectivity index (χ1n) is 38.4. The third kappa shape index (κ3) is 33.0. The molecule has 0 saturated heterocycles. The number of benzene rings is 7. The van der Waals surface area contributed by atoms with Crippen molar-refractivity contribution in [1.29, 1.82) is 0 Å². The molecule has 0 heterocycles. The average Bonchev–Trinajstić information content (AvgIpc) is 0.756. The van der Waals surface area contributed by atoms with E-state index in [-0.39, 0.29) is 65.7 Å². The van der Waals surface area contributed by atoms with E-state index in [0.29, 0.717) is 24.9 Å². The van der Waals surface area contributed by atoms with Crippen LogP contribution in [0.5, 0.6) is 0 Å². The number of carbonyl (C=O) groups excluding carboxylic acids is 3. The maximum absolute atomic E-state index is 16.4. The molecule has 16 nitrogen and oxygen atoms in total. The second-order valence-corrected chi connectivity index (χ2v) is 28.7. The molecule has 7 aromatic carbocycles. The molecule has 0 spiro atoms. The van der Waals surface area contributed by atoms with Crippen molar-refractivity contribution in [2.75, 3.05) is 19.8 Å². The number of amides is 1. The van der Waals surface area contributed by atoms with Gasteiger partial charge in [-0.05, 0) is 58.2 Å². The Kier molecular flexibility index (Phi) is 39.7. The number of carbonyl (C=O) groups is 3. The fourth-order valence-corrected chi connectivity index (χ4v) is 14.1. The number of esters is 2. The van der Waals surface area contributed by atoms with Crippen LogP contribution in [0.25, 0.3) is 0 Å². The van der Waals surface area contributed by atoms with E-state index in [2.05, 4.69) is 12.2 Å². The molecule has 3 unspecified atom stereocenters. The van der Waals surface area contributed by atoms with Gasteiger partial charge in [-0.1, -0.05) is 341 Å². The van der Waals surface area contributed by atoms with Crippen LogP contribution >= 0.6 is 7.82 Å². The van der Waals surface area contributed by atoms with Crippen LogP contribution < -0.4 is 5.32 Å². The number of phosphoric ester groups is 1. The smallest absolute Gasteiger partial charge is 0.462 e. The highest BCUT2D eigenvalue weighted by molar-refractivity contribution is 7.48. The lowest BCUT2D eigenvalue weighted by atomic mass is 9.83. The number of ether oxygens (including phenoxy) is 8. The van der Waals surface area contributed by atoms with Gasteiger partial charge in [0.15, 0.2) is 6.10 Å². The van der Waals surface area contributed by atoms with Crippen molar-refractivity contribution in [3.63, 3.8) is 0 Å². The SMILES string of the molecule is CCCCCCCCCCCCCCCC(=O)O[C@H](COC(=O)CCCCCCCCCCCNC(=O)OCc1ccccc1)COP(=O)(OCc1ccccc1)OC1[C@H](OCc2ccccc2)[C@H](OCc2ccccc2)C(OCc2ccccc2)[C@H](OCc2ccccc2)[C@H]1OCc1ccccc1. The summed E-state index contributed by atoms with van der Waals surface area (Å²) in [6, 6.07) is 67.9. The molecule has 8 rings (SSSR count). The summed E-state index contributed by atoms with van der Waals surface area (Å²) in [4.78, 5) is 39.8. The predicted octanol–water partition coefficient (Wildman–Crippen LogP) is 20.4. The van der Waals surface area contributed by atoms with E-state index in [4.69, 9.17) is 51.5 Å². The average molecular weight is 1440 g/mol. The minimum atomic E-state index is -4.92. The Bertz CT molecular complexity index is 3300. The van der Waals surface area contributed by atoms with Crippen molar-refractivity contribution in [1.82, 2.24) is 5.32 Å². The van der Waals surface area contributed by atoms with Crippen molar-refractivity contribution in [3.8, 4) is 0 Å². The zero-order valence-electron chi connectivity index (χ0n) is 61.4. The summed E-state index contributed by atoms with van der Waals surface area (Å²) < 4.78 is 89.9. The fourth-order valence-electron chi connectivity index (χ4n) is 12.7. The molecule has 1 amide bonds. The Morgan fingerprint density at radius 1 is 0.327 bits per heavy atom. The molecule has 1 aliphatic rings. The van der Waals surface area contributed by atoms with Crippen molar-refractivity contribution >= 4 is 25.9 Å². The number of hydrogen-bond acceptors (Lipinski definition) is 15. The maximum Gasteiger partial charge on any atom is 0.475 e. The first kappa shape index (κ1) is 82.3. The van der Waals surface area contributed by atoms with Crippen LogP contribution in [0.2, 0.25) is 0 Å². The number of phosphoric acid groups is 1. The standard InChI is InChI=1S/C87H114NO15P/c1-2-3-4-5-6-7-8-9-10-12-16-19-43-60-80(90)102-78(69-93-79(89)59-42-18-15-13-11-14-17-20-44-61-88-87(91)99-67-76-55-38-26-39-56-76)70-101-104(92,100-68-77-57-40-27-41-58-77)103-86-84(97-65-74-51-34-24-35-52-74)82(95-63-72-47-30-22-31-48-72)81(94-62-71-45-28-21-29-46-71)83(96-64-73-49-32-23-33-50-73)85(86)98-66-75-53-36-25-37-54-75/h21-41,45-58,78,81-86H,2-20,42-44,59-70H2,1H3,(H,88,91)/t78-,81?,82-,83+,84-,85-,86?,104?/m1/s1. The Labute approximate surface area is 619 Å². The molecule has 8 atom stereocenters. The second-order valence-electron chi connectivity index (χ2n) is 27.1. The van der Waals surface area contributed by atoms with E-state index in [0.717, 1.165) is 104 Å². The number of rotatable bonds is 54. The van der Waals surface area contributed by atoms with Crippen LogP contribution in [0.15, 0.2) is 212 Å². The van der Waals surface area contributed by atoms with Crippen LogP contribution in [-0.2, 0) is 112 Å². The van der Waals surface area contributed by atoms with Gasteiger partial charge in [-0.15, -0.1) is 0 Å². The van der Waals surface area contributed by atoms with Crippen LogP contribution in [0.1, 0.15) is 200 Å². The summed E-state index contributed by atoms with van der Waals surface area (Å²) in [5, 5.41) is 2.84. The highest BCUT2D eigenvalue weighted by atomic mass is 31.2. The van der Waals surface area contributed by atoms with Gasteiger partial charge in [0.25, 0.3) is 0 Å². The molecular formula is C87H114NO15P. The number of alkyl carbamates (subject to hydrolysis) is 1. The van der Waals surface area contributed by atoms with Gasteiger partial charge >= 0.3 is 25.9 Å². The summed E-state index contributed by atoms with van der Waals surface area (Å²) in [6.45, 7) is 2.49. The van der Waals surface area contributed by atoms with Gasteiger partial charge < -0.3 is 43.2 Å². The fraction of sp³-hybridized carbons (Fsp3) is 0.483. The number of hydrogen-bond donors (Lipinski definition) is 1. The molecule has 7 aromatic rings. The third-order valence-corrected chi connectivity index (χ3v) is 19.9. The Morgan fingerprint density at radius 3 is 0.981 bits per heavy atom. The monoisotopic (exact) mass is 1440 g/mol. The minimum Gasteiger partial charge on any atom is -0.462 e. The Balaban J connectivity index is 1.01. The van der Waals surface area contributed by atoms with E-state index >= 15 is 4.57 Å². The number of nitrogens with one attached hydrogen (secondary N) is 1. The van der Waals surface area contributed by atoms with Crippen molar-refractivity contribution in [3.05, 3.63) is 251 Å². The summed E-state index contributed by atoms with van der Waals surface area (Å²) in [6.07, 6.45) is 15.8. The molecular weight excluding hydrogens is 1330 g/mol. The van der Waals surface area contributed by atoms with E-state index in [1.165, 1.54) is 57.8 Å². The minimum absolute atomic E-state index is 0.0688. The molecule has 17 heteroatoms. The zero-order chi connectivity index (χ0) is 72.6. The van der Waals surface area contributed by atoms with Gasteiger partial charge in [-0.25, -0.2) is 9.36 Å². The van der Waals surface area contributed by atoms with Crippen LogP contribution in [0.4, 0.5) is 4.79 Å². The van der Waals surface area contributed by atoms with Gasteiger partial charge in [-0.3, -0.25) is 23.2 Å². The topological polar surface area (TPSA) is 182 Å². The molecule has 562 valence electrons. The van der Waals surface area contributed by atoms with Crippen LogP contribution in [-0.4, -0.2) is 80.5 Å². The molecule has 1 aliphatic carbocycles. The summed E-state index contributed by atoms with van der Waals surface area (Å²) in [7, 11) is -4.92. The first-order valence-corrected chi connectivity index (χ1v) is 39.8. The Hall–Kier alpha value is -7.34. The van der Waals surface area contributed by atoms with Crippen molar-refractivity contribution < 1.29 is 70.4 Å².